The van der Waals surface area contributed by atoms with Crippen molar-refractivity contribution in [2.75, 3.05) is 37.9 Å². The van der Waals surface area contributed by atoms with Crippen LogP contribution in [0.4, 0.5) is 0 Å². The lowest BCUT2D eigenvalue weighted by Crippen LogP contribution is -2.41. The van der Waals surface area contributed by atoms with Crippen molar-refractivity contribution in [1.82, 2.24) is 10.6 Å². The maximum absolute atomic E-state index is 11.0. The van der Waals surface area contributed by atoms with Crippen molar-refractivity contribution < 1.29 is 8.42 Å². The van der Waals surface area contributed by atoms with Gasteiger partial charge in [0.15, 0.2) is 5.96 Å². The van der Waals surface area contributed by atoms with Gasteiger partial charge in [0.1, 0.15) is 9.84 Å². The molecule has 1 atom stereocenters. The van der Waals surface area contributed by atoms with Gasteiger partial charge in [-0.15, -0.1) is 0 Å². The van der Waals surface area contributed by atoms with E-state index in [1.807, 2.05) is 11.8 Å². The lowest BCUT2D eigenvalue weighted by atomic mass is 10.2. The summed E-state index contributed by atoms with van der Waals surface area (Å²) >= 11 is 1.98. The van der Waals surface area contributed by atoms with E-state index in [1.54, 1.807) is 7.05 Å². The molecule has 1 aliphatic heterocycles. The van der Waals surface area contributed by atoms with Gasteiger partial charge < -0.3 is 10.6 Å². The van der Waals surface area contributed by atoms with Crippen LogP contribution in [0.2, 0.25) is 0 Å². The van der Waals surface area contributed by atoms with Crippen molar-refractivity contribution in [1.29, 1.82) is 0 Å². The SMILES string of the molecule is CN=C(NCCS(C)(=O)=O)NCC1CCCS1. The minimum Gasteiger partial charge on any atom is -0.355 e. The minimum atomic E-state index is -2.91. The van der Waals surface area contributed by atoms with Crippen LogP contribution < -0.4 is 10.6 Å². The van der Waals surface area contributed by atoms with Gasteiger partial charge in [0, 0.05) is 31.6 Å². The Morgan fingerprint density at radius 3 is 2.76 bits per heavy atom. The number of nitrogens with one attached hydrogen (secondary N) is 2. The van der Waals surface area contributed by atoms with Crippen LogP contribution in [0.3, 0.4) is 0 Å². The summed E-state index contributed by atoms with van der Waals surface area (Å²) in [5, 5.41) is 6.88. The Bertz CT molecular complexity index is 349. The highest BCUT2D eigenvalue weighted by Gasteiger charge is 2.15. The molecule has 2 N–H and O–H groups in total. The molecule has 0 radical (unpaired) electrons. The molecule has 1 unspecified atom stereocenters. The first-order chi connectivity index (χ1) is 8.01. The van der Waals surface area contributed by atoms with Gasteiger partial charge in [0.25, 0.3) is 0 Å². The molecule has 1 saturated heterocycles. The van der Waals surface area contributed by atoms with Crippen LogP contribution in [0.5, 0.6) is 0 Å². The van der Waals surface area contributed by atoms with Gasteiger partial charge in [-0.1, -0.05) is 0 Å². The van der Waals surface area contributed by atoms with Gasteiger partial charge in [-0.25, -0.2) is 8.42 Å². The molecular weight excluding hydrogens is 258 g/mol. The zero-order chi connectivity index (χ0) is 12.7. The Kier molecular flexibility index (Phi) is 6.11. The van der Waals surface area contributed by atoms with E-state index >= 15 is 0 Å². The first kappa shape index (κ1) is 14.6. The van der Waals surface area contributed by atoms with Crippen LogP contribution >= 0.6 is 11.8 Å². The van der Waals surface area contributed by atoms with E-state index in [1.165, 1.54) is 24.9 Å². The number of rotatable bonds is 5. The third kappa shape index (κ3) is 6.78. The number of nitrogens with zero attached hydrogens (tertiary/aromatic N) is 1. The maximum Gasteiger partial charge on any atom is 0.191 e. The molecule has 0 aliphatic carbocycles. The molecule has 0 spiro atoms. The predicted molar refractivity (Wildman–Crippen MR) is 74.6 cm³/mol. The number of sulfone groups is 1. The molecule has 1 rings (SSSR count). The van der Waals surface area contributed by atoms with Crippen LogP contribution in [-0.2, 0) is 9.84 Å². The van der Waals surface area contributed by atoms with Crippen molar-refractivity contribution >= 4 is 27.6 Å². The van der Waals surface area contributed by atoms with Crippen molar-refractivity contribution in [3.63, 3.8) is 0 Å². The Morgan fingerprint density at radius 1 is 1.47 bits per heavy atom. The van der Waals surface area contributed by atoms with Gasteiger partial charge in [-0.05, 0) is 18.6 Å². The molecule has 5 nitrogen and oxygen atoms in total. The third-order valence-electron chi connectivity index (χ3n) is 2.51. The number of hydrogen-bond donors (Lipinski definition) is 2. The fourth-order valence-electron chi connectivity index (χ4n) is 1.59. The second-order valence-corrected chi connectivity index (χ2v) is 7.81. The van der Waals surface area contributed by atoms with Crippen LogP contribution in [0, 0.1) is 0 Å². The Labute approximate surface area is 108 Å². The molecule has 0 aromatic carbocycles. The number of hydrogen-bond acceptors (Lipinski definition) is 4. The first-order valence-electron chi connectivity index (χ1n) is 5.75. The second kappa shape index (κ2) is 7.10. The zero-order valence-electron chi connectivity index (χ0n) is 10.4. The van der Waals surface area contributed by atoms with E-state index in [9.17, 15) is 8.42 Å². The highest BCUT2D eigenvalue weighted by molar-refractivity contribution is 8.00. The van der Waals surface area contributed by atoms with Crippen molar-refractivity contribution in [2.24, 2.45) is 4.99 Å². The minimum absolute atomic E-state index is 0.131. The van der Waals surface area contributed by atoms with Gasteiger partial charge in [-0.3, -0.25) is 4.99 Å². The maximum atomic E-state index is 11.0. The lowest BCUT2D eigenvalue weighted by Gasteiger charge is -2.14. The number of thioether (sulfide) groups is 1. The van der Waals surface area contributed by atoms with E-state index in [-0.39, 0.29) is 5.75 Å². The molecule has 0 saturated carbocycles. The summed E-state index contributed by atoms with van der Waals surface area (Å²) < 4.78 is 21.9. The van der Waals surface area contributed by atoms with E-state index in [2.05, 4.69) is 15.6 Å². The second-order valence-electron chi connectivity index (χ2n) is 4.14. The average molecular weight is 279 g/mol. The van der Waals surface area contributed by atoms with Gasteiger partial charge in [-0.2, -0.15) is 11.8 Å². The van der Waals surface area contributed by atoms with Crippen LogP contribution in [0.15, 0.2) is 4.99 Å². The van der Waals surface area contributed by atoms with Gasteiger partial charge in [0.2, 0.25) is 0 Å². The lowest BCUT2D eigenvalue weighted by molar-refractivity contribution is 0.600. The largest absolute Gasteiger partial charge is 0.355 e. The molecule has 1 heterocycles. The summed E-state index contributed by atoms with van der Waals surface area (Å²) in [5.74, 6) is 2.05. The monoisotopic (exact) mass is 279 g/mol. The molecule has 7 heteroatoms. The average Bonchev–Trinajstić information content (AvgIpc) is 2.74. The molecular formula is C10H21N3O2S2. The summed E-state index contributed by atoms with van der Waals surface area (Å²) in [4.78, 5) is 4.06. The number of guanidine groups is 1. The zero-order valence-corrected chi connectivity index (χ0v) is 12.0. The van der Waals surface area contributed by atoms with Gasteiger partial charge >= 0.3 is 0 Å². The van der Waals surface area contributed by atoms with E-state index < -0.39 is 9.84 Å². The standard InChI is InChI=1S/C10H21N3O2S2/c1-11-10(12-5-7-17(2,14)15)13-8-9-4-3-6-16-9/h9H,3-8H2,1-2H3,(H2,11,12,13). The molecule has 1 aliphatic rings. The van der Waals surface area contributed by atoms with Crippen LogP contribution in [-0.4, -0.2) is 57.5 Å². The Balaban J connectivity index is 2.19. The molecule has 1 fully saturated rings. The van der Waals surface area contributed by atoms with E-state index in [0.717, 1.165) is 6.54 Å². The smallest absolute Gasteiger partial charge is 0.191 e. The molecule has 0 bridgehead atoms. The van der Waals surface area contributed by atoms with Crippen molar-refractivity contribution in [3.05, 3.63) is 0 Å². The molecule has 100 valence electrons. The fourth-order valence-corrected chi connectivity index (χ4v) is 3.27. The highest BCUT2D eigenvalue weighted by Crippen LogP contribution is 2.25. The predicted octanol–water partition coefficient (Wildman–Crippen LogP) is 0.0916. The van der Waals surface area contributed by atoms with Crippen molar-refractivity contribution in [2.45, 2.75) is 18.1 Å². The summed E-state index contributed by atoms with van der Waals surface area (Å²) in [7, 11) is -1.22. The highest BCUT2D eigenvalue weighted by atomic mass is 32.2. The van der Waals surface area contributed by atoms with E-state index in [4.69, 9.17) is 0 Å². The molecule has 0 aromatic heterocycles. The Morgan fingerprint density at radius 2 is 2.24 bits per heavy atom. The van der Waals surface area contributed by atoms with Crippen LogP contribution in [0.25, 0.3) is 0 Å². The van der Waals surface area contributed by atoms with Crippen molar-refractivity contribution in [3.8, 4) is 0 Å². The summed E-state index contributed by atoms with van der Waals surface area (Å²) in [6.45, 7) is 1.29. The quantitative estimate of drug-likeness (QED) is 0.551. The third-order valence-corrected chi connectivity index (χ3v) is 4.85. The molecule has 0 aromatic rings. The number of aliphatic imine (C=N–C) groups is 1. The molecule has 0 amide bonds. The summed E-state index contributed by atoms with van der Waals surface area (Å²) in [6.07, 6.45) is 3.77. The normalized spacial score (nSPS) is 21.5. The fraction of sp³-hybridized carbons (Fsp3) is 0.900. The van der Waals surface area contributed by atoms with Crippen LogP contribution in [0.1, 0.15) is 12.8 Å². The first-order valence-corrected chi connectivity index (χ1v) is 8.86. The molecule has 17 heavy (non-hydrogen) atoms. The summed E-state index contributed by atoms with van der Waals surface area (Å²) in [5.41, 5.74) is 0. The Hall–Kier alpha value is -0.430. The summed E-state index contributed by atoms with van der Waals surface area (Å²) in [6, 6.07) is 0. The van der Waals surface area contributed by atoms with E-state index in [0.29, 0.717) is 17.8 Å². The van der Waals surface area contributed by atoms with Gasteiger partial charge in [0.05, 0.1) is 5.75 Å². The topological polar surface area (TPSA) is 70.6 Å².